The maximum Gasteiger partial charge on any atom is 0.283 e. The summed E-state index contributed by atoms with van der Waals surface area (Å²) in [5.41, 5.74) is 16.0. The summed E-state index contributed by atoms with van der Waals surface area (Å²) in [7, 11) is 4.12. The molecule has 0 fully saturated rings. The zero-order valence-electron chi connectivity index (χ0n) is 50.7. The predicted octanol–water partition coefficient (Wildman–Crippen LogP) is 18.7. The molecule has 0 radical (unpaired) electrons. The molecule has 0 bridgehead atoms. The maximum absolute atomic E-state index is 12.4. The van der Waals surface area contributed by atoms with Crippen LogP contribution in [0, 0.1) is 20.2 Å². The summed E-state index contributed by atoms with van der Waals surface area (Å²) < 4.78 is 5.89. The average molecular weight is 1290 g/mol. The molecule has 2 atom stereocenters. The van der Waals surface area contributed by atoms with Crippen molar-refractivity contribution in [2.75, 3.05) is 23.9 Å². The molecule has 0 N–H and O–H groups in total. The number of nitro benzene ring substituents is 2. The van der Waals surface area contributed by atoms with Crippen molar-refractivity contribution in [1.82, 2.24) is 0 Å². The van der Waals surface area contributed by atoms with Crippen molar-refractivity contribution < 1.29 is 19.0 Å². The first-order chi connectivity index (χ1) is 42.2. The van der Waals surface area contributed by atoms with Gasteiger partial charge in [-0.25, -0.2) is 0 Å². The van der Waals surface area contributed by atoms with E-state index in [1.165, 1.54) is 66.6 Å². The lowest BCUT2D eigenvalue weighted by molar-refractivity contribution is -0.455. The van der Waals surface area contributed by atoms with Gasteiger partial charge in [0, 0.05) is 106 Å². The van der Waals surface area contributed by atoms with E-state index >= 15 is 0 Å². The summed E-state index contributed by atoms with van der Waals surface area (Å²) >= 11 is 7.05. The highest BCUT2D eigenvalue weighted by molar-refractivity contribution is 9.11. The molecule has 0 aromatic heterocycles. The van der Waals surface area contributed by atoms with Gasteiger partial charge in [-0.1, -0.05) is 146 Å². The van der Waals surface area contributed by atoms with E-state index < -0.39 is 10.8 Å². The quantitative estimate of drug-likeness (QED) is 0.0611. The van der Waals surface area contributed by atoms with E-state index in [1.54, 1.807) is 12.1 Å². The van der Waals surface area contributed by atoms with Crippen LogP contribution in [0.25, 0.3) is 21.5 Å². The minimum absolute atomic E-state index is 0.0553. The first-order valence-electron chi connectivity index (χ1n) is 29.9. The SMILES string of the molecule is CN1/C(=C/C=C/C2=[N+](Cc3ccc(C[N+]4=C(/C=C/C=C5/N(C)c6cc(Br)c([N+](=O)[O-])cc6C5(C)Cc5ccccc5)C(C)(C)c5c4ccc4ccccc54)cc3)c3ccc4ccccc4c3C2(C)C)C(C)(Cc2ccccc2)c2cc([N+](=O)[O-])c(Br)cc21. The molecular weight excluding hydrogens is 1220 g/mol. The molecule has 0 amide bonds. The Morgan fingerprint density at radius 3 is 1.20 bits per heavy atom. The molecule has 0 saturated heterocycles. The van der Waals surface area contributed by atoms with Gasteiger partial charge < -0.3 is 9.80 Å². The van der Waals surface area contributed by atoms with E-state index in [1.807, 2.05) is 24.3 Å². The zero-order valence-corrected chi connectivity index (χ0v) is 53.9. The van der Waals surface area contributed by atoms with Gasteiger partial charge in [-0.05, 0) is 166 Å². The molecular formula is C76H68Br2N6O4+2. The summed E-state index contributed by atoms with van der Waals surface area (Å²) in [4.78, 5) is 28.5. The van der Waals surface area contributed by atoms with Crippen LogP contribution in [0.5, 0.6) is 0 Å². The van der Waals surface area contributed by atoms with E-state index in [4.69, 9.17) is 0 Å². The summed E-state index contributed by atoms with van der Waals surface area (Å²) in [5.74, 6) is 0. The van der Waals surface area contributed by atoms with Crippen LogP contribution >= 0.6 is 31.9 Å². The molecule has 4 aliphatic heterocycles. The molecule has 2 unspecified atom stereocenters. The number of rotatable bonds is 14. The zero-order chi connectivity index (χ0) is 61.6. The number of fused-ring (bicyclic) bond motifs is 8. The topological polar surface area (TPSA) is 98.8 Å². The van der Waals surface area contributed by atoms with Crippen LogP contribution in [-0.2, 0) is 47.6 Å². The molecule has 0 saturated carbocycles. The third-order valence-electron chi connectivity index (χ3n) is 19.3. The number of benzene rings is 9. The Morgan fingerprint density at radius 2 is 0.830 bits per heavy atom. The van der Waals surface area contributed by atoms with Crippen LogP contribution in [0.4, 0.5) is 34.1 Å². The number of likely N-dealkylation sites (N-methyl/N-ethyl adjacent to an activating group) is 2. The summed E-state index contributed by atoms with van der Waals surface area (Å²) in [6.07, 6.45) is 14.7. The minimum Gasteiger partial charge on any atom is -0.347 e. The molecule has 438 valence electrons. The van der Waals surface area contributed by atoms with Crippen LogP contribution in [-0.4, -0.2) is 44.5 Å². The van der Waals surface area contributed by atoms with E-state index in [2.05, 4.69) is 288 Å². The lowest BCUT2D eigenvalue weighted by Gasteiger charge is -2.29. The molecule has 10 nitrogen and oxygen atoms in total. The number of hydrogen-bond acceptors (Lipinski definition) is 6. The number of hydrogen-bond donors (Lipinski definition) is 0. The molecule has 4 aliphatic rings. The van der Waals surface area contributed by atoms with Crippen LogP contribution in [0.3, 0.4) is 0 Å². The standard InChI is InChI=1S/C76H68Br2N6O4/c1-73(2)67(29-19-31-69-75(5,45-49-21-11-9-12-22-49)57-41-65(83(85)86)59(77)43-63(57)79(69)7)81(61-39-37-53-25-15-17-27-55(53)71(61)73)47-51-33-35-52(36-34-51)48-82-62-40-38-54-26-16-18-28-56(54)72(62)74(3,4)68(82)30-20-32-70-76(6,46-50-23-13-10-14-24-50)58-42-66(84(87)88)60(78)44-64(58)80(70)8/h9-44H,45-48H2,1-8H3/q+2. The van der Waals surface area contributed by atoms with Gasteiger partial charge in [0.15, 0.2) is 24.5 Å². The van der Waals surface area contributed by atoms with Gasteiger partial charge in [0.25, 0.3) is 11.4 Å². The maximum atomic E-state index is 12.4. The first kappa shape index (κ1) is 58.2. The van der Waals surface area contributed by atoms with Gasteiger partial charge in [0.05, 0.1) is 29.6 Å². The van der Waals surface area contributed by atoms with Crippen molar-refractivity contribution in [1.29, 1.82) is 0 Å². The summed E-state index contributed by atoms with van der Waals surface area (Å²) in [6, 6.07) is 63.6. The van der Waals surface area contributed by atoms with Crippen LogP contribution < -0.4 is 9.80 Å². The molecule has 4 heterocycles. The Bertz CT molecular complexity index is 4310. The fourth-order valence-electron chi connectivity index (χ4n) is 15.1. The summed E-state index contributed by atoms with van der Waals surface area (Å²) in [5, 5.41) is 29.6. The Hall–Kier alpha value is -8.84. The fourth-order valence-corrected chi connectivity index (χ4v) is 16.0. The number of nitro groups is 2. The Balaban J connectivity index is 0.873. The van der Waals surface area contributed by atoms with Crippen molar-refractivity contribution in [2.24, 2.45) is 0 Å². The minimum atomic E-state index is -0.567. The third-order valence-corrected chi connectivity index (χ3v) is 20.6. The Labute approximate surface area is 531 Å². The van der Waals surface area contributed by atoms with Gasteiger partial charge in [-0.3, -0.25) is 20.2 Å². The number of halogens is 2. The third kappa shape index (κ3) is 9.67. The normalized spacial score (nSPS) is 19.9. The lowest BCUT2D eigenvalue weighted by atomic mass is 9.76. The van der Waals surface area contributed by atoms with Crippen molar-refractivity contribution in [3.8, 4) is 0 Å². The highest BCUT2D eigenvalue weighted by atomic mass is 79.9. The molecule has 9 aromatic carbocycles. The Kier molecular flexibility index (Phi) is 14.6. The lowest BCUT2D eigenvalue weighted by Crippen LogP contribution is -2.29. The van der Waals surface area contributed by atoms with Gasteiger partial charge in [-0.2, -0.15) is 9.15 Å². The van der Waals surface area contributed by atoms with Gasteiger partial charge in [0.1, 0.15) is 0 Å². The van der Waals surface area contributed by atoms with Crippen LogP contribution in [0.1, 0.15) is 86.1 Å². The van der Waals surface area contributed by atoms with Crippen LogP contribution in [0.2, 0.25) is 0 Å². The van der Waals surface area contributed by atoms with Crippen molar-refractivity contribution in [3.05, 3.63) is 304 Å². The first-order valence-corrected chi connectivity index (χ1v) is 31.5. The molecule has 88 heavy (non-hydrogen) atoms. The fraction of sp³-hybridized carbons (Fsp3) is 0.211. The molecule has 13 rings (SSSR count). The summed E-state index contributed by atoms with van der Waals surface area (Å²) in [6.45, 7) is 15.0. The van der Waals surface area contributed by atoms with Gasteiger partial charge in [-0.15, -0.1) is 0 Å². The smallest absolute Gasteiger partial charge is 0.283 e. The highest BCUT2D eigenvalue weighted by Crippen LogP contribution is 2.54. The van der Waals surface area contributed by atoms with Crippen molar-refractivity contribution >= 4 is 99.0 Å². The largest absolute Gasteiger partial charge is 0.347 e. The van der Waals surface area contributed by atoms with E-state index in [0.717, 1.165) is 45.0 Å². The average Bonchev–Trinajstić information content (AvgIpc) is 1.63. The van der Waals surface area contributed by atoms with Crippen LogP contribution in [0.15, 0.2) is 239 Å². The number of anilines is 2. The second-order valence-electron chi connectivity index (χ2n) is 25.5. The number of nitrogens with zero attached hydrogens (tertiary/aromatic N) is 6. The number of allylic oxidation sites excluding steroid dienone is 8. The van der Waals surface area contributed by atoms with E-state index in [9.17, 15) is 20.2 Å². The highest BCUT2D eigenvalue weighted by Gasteiger charge is 2.49. The monoisotopic (exact) mass is 1290 g/mol. The second-order valence-corrected chi connectivity index (χ2v) is 27.2. The van der Waals surface area contributed by atoms with E-state index in [-0.39, 0.29) is 32.1 Å². The molecule has 0 aliphatic carbocycles. The molecule has 9 aromatic rings. The molecule has 12 heteroatoms. The second kappa shape index (κ2) is 22.1. The Morgan fingerprint density at radius 1 is 0.466 bits per heavy atom. The van der Waals surface area contributed by atoms with E-state index in [0.29, 0.717) is 34.9 Å². The van der Waals surface area contributed by atoms with Crippen molar-refractivity contribution in [3.63, 3.8) is 0 Å². The van der Waals surface area contributed by atoms with Crippen molar-refractivity contribution in [2.45, 2.75) is 89.1 Å². The van der Waals surface area contributed by atoms with Gasteiger partial charge in [0.2, 0.25) is 11.4 Å². The predicted molar refractivity (Wildman–Crippen MR) is 365 cm³/mol. The van der Waals surface area contributed by atoms with Gasteiger partial charge >= 0.3 is 0 Å². The molecule has 0 spiro atoms.